The number of carboxylic acid groups (broad SMARTS) is 1. The van der Waals surface area contributed by atoms with Crippen LogP contribution < -0.4 is 0 Å². The van der Waals surface area contributed by atoms with Gasteiger partial charge in [-0.05, 0) is 38.0 Å². The second kappa shape index (κ2) is 7.06. The monoisotopic (exact) mass is 268 g/mol. The molecule has 0 aliphatic carbocycles. The fourth-order valence-electron chi connectivity index (χ4n) is 3.36. The number of hydrogen-bond acceptors (Lipinski definition) is 3. The molecule has 2 fully saturated rings. The van der Waals surface area contributed by atoms with Gasteiger partial charge in [-0.1, -0.05) is 12.2 Å². The molecule has 4 nitrogen and oxygen atoms in total. The number of rotatable bonds is 8. The average molecular weight is 268 g/mol. The summed E-state index contributed by atoms with van der Waals surface area (Å²) in [4.78, 5) is 10.4. The third-order valence-corrected chi connectivity index (χ3v) is 4.29. The van der Waals surface area contributed by atoms with Gasteiger partial charge in [-0.2, -0.15) is 0 Å². The lowest BCUT2D eigenvalue weighted by molar-refractivity contribution is -0.137. The van der Waals surface area contributed by atoms with Gasteiger partial charge >= 0.3 is 5.97 Å². The first kappa shape index (κ1) is 14.5. The molecule has 2 bridgehead atoms. The molecular formula is C15H24O4. The molecular weight excluding hydrogens is 244 g/mol. The van der Waals surface area contributed by atoms with Gasteiger partial charge in [-0.25, -0.2) is 0 Å². The number of fused-ring (bicyclic) bond motifs is 2. The Labute approximate surface area is 114 Å². The van der Waals surface area contributed by atoms with Gasteiger partial charge in [0.1, 0.15) is 0 Å². The van der Waals surface area contributed by atoms with E-state index >= 15 is 0 Å². The lowest BCUT2D eigenvalue weighted by Crippen LogP contribution is -2.30. The second-order valence-electron chi connectivity index (χ2n) is 5.57. The zero-order valence-electron chi connectivity index (χ0n) is 11.6. The van der Waals surface area contributed by atoms with Crippen LogP contribution in [0, 0.1) is 11.8 Å². The van der Waals surface area contributed by atoms with Crippen LogP contribution >= 0.6 is 0 Å². The fraction of sp³-hybridized carbons (Fsp3) is 0.800. The zero-order chi connectivity index (χ0) is 13.7. The predicted octanol–water partition coefficient (Wildman–Crippen LogP) is 2.63. The molecule has 19 heavy (non-hydrogen) atoms. The summed E-state index contributed by atoms with van der Waals surface area (Å²) in [7, 11) is 1.75. The van der Waals surface area contributed by atoms with Crippen molar-refractivity contribution in [2.24, 2.45) is 11.8 Å². The van der Waals surface area contributed by atoms with E-state index in [-0.39, 0.29) is 6.42 Å². The van der Waals surface area contributed by atoms with Crippen molar-refractivity contribution in [2.75, 3.05) is 13.7 Å². The van der Waals surface area contributed by atoms with E-state index in [1.54, 1.807) is 7.11 Å². The molecule has 2 heterocycles. The molecule has 0 aromatic rings. The van der Waals surface area contributed by atoms with Crippen molar-refractivity contribution < 1.29 is 19.4 Å². The quantitative estimate of drug-likeness (QED) is 0.543. The van der Waals surface area contributed by atoms with Gasteiger partial charge in [0.15, 0.2) is 0 Å². The lowest BCUT2D eigenvalue weighted by Gasteiger charge is -2.26. The van der Waals surface area contributed by atoms with Crippen molar-refractivity contribution in [3.8, 4) is 0 Å². The zero-order valence-corrected chi connectivity index (χ0v) is 11.6. The Balaban J connectivity index is 1.72. The van der Waals surface area contributed by atoms with E-state index in [4.69, 9.17) is 14.6 Å². The molecule has 0 amide bonds. The van der Waals surface area contributed by atoms with Gasteiger partial charge in [0.2, 0.25) is 0 Å². The molecule has 108 valence electrons. The summed E-state index contributed by atoms with van der Waals surface area (Å²) >= 11 is 0. The fourth-order valence-corrected chi connectivity index (χ4v) is 3.36. The van der Waals surface area contributed by atoms with Crippen molar-refractivity contribution in [1.29, 1.82) is 0 Å². The summed E-state index contributed by atoms with van der Waals surface area (Å²) in [5.41, 5.74) is 0. The van der Waals surface area contributed by atoms with Gasteiger partial charge in [0.05, 0.1) is 18.8 Å². The van der Waals surface area contributed by atoms with Crippen LogP contribution in [-0.2, 0) is 14.3 Å². The number of carbonyl (C=O) groups is 1. The molecule has 0 aromatic heterocycles. The number of unbranched alkanes of at least 4 members (excludes halogenated alkanes) is 1. The summed E-state index contributed by atoms with van der Waals surface area (Å²) in [5, 5.41) is 8.55. The smallest absolute Gasteiger partial charge is 0.303 e. The lowest BCUT2D eigenvalue weighted by atomic mass is 9.78. The van der Waals surface area contributed by atoms with Crippen molar-refractivity contribution in [1.82, 2.24) is 0 Å². The Morgan fingerprint density at radius 2 is 2.05 bits per heavy atom. The molecule has 2 rings (SSSR count). The van der Waals surface area contributed by atoms with Crippen LogP contribution in [0.5, 0.6) is 0 Å². The van der Waals surface area contributed by atoms with E-state index in [0.29, 0.717) is 24.0 Å². The van der Waals surface area contributed by atoms with Crippen LogP contribution in [0.25, 0.3) is 0 Å². The van der Waals surface area contributed by atoms with Crippen LogP contribution in [0.2, 0.25) is 0 Å². The van der Waals surface area contributed by atoms with Crippen LogP contribution in [0.4, 0.5) is 0 Å². The van der Waals surface area contributed by atoms with Gasteiger partial charge < -0.3 is 14.6 Å². The minimum absolute atomic E-state index is 0.258. The summed E-state index contributed by atoms with van der Waals surface area (Å²) in [6, 6.07) is 0. The Kier molecular flexibility index (Phi) is 5.40. The van der Waals surface area contributed by atoms with E-state index in [2.05, 4.69) is 12.2 Å². The van der Waals surface area contributed by atoms with Crippen molar-refractivity contribution >= 4 is 5.97 Å². The second-order valence-corrected chi connectivity index (χ2v) is 5.57. The minimum atomic E-state index is -0.713. The first-order valence-electron chi connectivity index (χ1n) is 7.23. The van der Waals surface area contributed by atoms with E-state index in [1.807, 2.05) is 0 Å². The molecule has 0 spiro atoms. The van der Waals surface area contributed by atoms with Crippen LogP contribution in [0.15, 0.2) is 12.2 Å². The summed E-state index contributed by atoms with van der Waals surface area (Å²) in [5.74, 6) is 0.400. The highest BCUT2D eigenvalue weighted by molar-refractivity contribution is 5.66. The molecule has 2 saturated heterocycles. The highest BCUT2D eigenvalue weighted by atomic mass is 16.5. The van der Waals surface area contributed by atoms with Gasteiger partial charge in [0, 0.05) is 19.4 Å². The third-order valence-electron chi connectivity index (χ3n) is 4.29. The normalized spacial score (nSPS) is 33.3. The Bertz CT molecular complexity index is 326. The summed E-state index contributed by atoms with van der Waals surface area (Å²) in [6.07, 6.45) is 10.3. The largest absolute Gasteiger partial charge is 0.481 e. The molecule has 4 heteroatoms. The van der Waals surface area contributed by atoms with Gasteiger partial charge in [-0.3, -0.25) is 4.79 Å². The molecule has 4 atom stereocenters. The molecule has 0 radical (unpaired) electrons. The van der Waals surface area contributed by atoms with Crippen molar-refractivity contribution in [3.05, 3.63) is 12.2 Å². The highest BCUT2D eigenvalue weighted by Crippen LogP contribution is 2.45. The number of carboxylic acids is 1. The molecule has 0 saturated carbocycles. The molecule has 2 aliphatic heterocycles. The van der Waals surface area contributed by atoms with Gasteiger partial charge in [-0.15, -0.1) is 0 Å². The summed E-state index contributed by atoms with van der Waals surface area (Å²) in [6.45, 7) is 0.790. The molecule has 2 aliphatic rings. The maximum atomic E-state index is 10.4. The molecule has 1 N–H and O–H groups in total. The van der Waals surface area contributed by atoms with E-state index in [1.165, 1.54) is 12.8 Å². The first-order valence-corrected chi connectivity index (χ1v) is 7.23. The van der Waals surface area contributed by atoms with Gasteiger partial charge in [0.25, 0.3) is 0 Å². The topological polar surface area (TPSA) is 55.8 Å². The predicted molar refractivity (Wildman–Crippen MR) is 72.0 cm³/mol. The number of allylic oxidation sites excluding steroid dienone is 2. The van der Waals surface area contributed by atoms with Crippen molar-refractivity contribution in [2.45, 2.75) is 50.7 Å². The van der Waals surface area contributed by atoms with Crippen LogP contribution in [0.3, 0.4) is 0 Å². The first-order chi connectivity index (χ1) is 9.22. The summed E-state index contributed by atoms with van der Waals surface area (Å²) < 4.78 is 11.3. The standard InChI is InChI=1S/C15H24O4/c1-18-10-12-11(13-8-9-14(12)19-13)6-4-2-3-5-7-15(16)17/h2,4,11-14H,3,5-10H2,1H3,(H,16,17)/b4-2-/t11-,12+,13-,14+/m1/s1. The Hall–Kier alpha value is -0.870. The SMILES string of the molecule is COC[C@H]1[C@@H](C/C=C\CCCC(=O)O)[C@H]2CC[C@@H]1O2. The van der Waals surface area contributed by atoms with Crippen LogP contribution in [0.1, 0.15) is 38.5 Å². The third kappa shape index (κ3) is 3.80. The highest BCUT2D eigenvalue weighted by Gasteiger charge is 2.47. The Morgan fingerprint density at radius 1 is 1.32 bits per heavy atom. The number of aliphatic carboxylic acids is 1. The molecule has 0 aromatic carbocycles. The molecule has 0 unspecified atom stereocenters. The van der Waals surface area contributed by atoms with E-state index < -0.39 is 5.97 Å². The maximum Gasteiger partial charge on any atom is 0.303 e. The van der Waals surface area contributed by atoms with Crippen molar-refractivity contribution in [3.63, 3.8) is 0 Å². The number of ether oxygens (including phenoxy) is 2. The number of methoxy groups -OCH3 is 1. The van der Waals surface area contributed by atoms with E-state index in [9.17, 15) is 4.79 Å². The van der Waals surface area contributed by atoms with Crippen LogP contribution in [-0.4, -0.2) is 37.0 Å². The Morgan fingerprint density at radius 3 is 2.74 bits per heavy atom. The average Bonchev–Trinajstić information content (AvgIpc) is 2.95. The maximum absolute atomic E-state index is 10.4. The minimum Gasteiger partial charge on any atom is -0.481 e. The number of hydrogen-bond donors (Lipinski definition) is 1. The van der Waals surface area contributed by atoms with E-state index in [0.717, 1.165) is 25.9 Å².